The highest BCUT2D eigenvalue weighted by atomic mass is 35.5. The number of carbonyl (C=O) groups excluding carboxylic acids is 2. The Morgan fingerprint density at radius 1 is 1.33 bits per heavy atom. The smallest absolute Gasteiger partial charge is 0.235 e. The van der Waals surface area contributed by atoms with Crippen LogP contribution in [0, 0.1) is 5.41 Å². The molecule has 0 bridgehead atoms. The standard InChI is InChI=1S/C16H20ClNO3/c1-3-16(4-2)9-14(20)18(15(16)21)10-13(19)11-6-5-7-12(17)8-11/h5-8,13,19H,3-4,9-10H2,1-2H3. The molecule has 4 nitrogen and oxygen atoms in total. The van der Waals surface area contributed by atoms with E-state index in [2.05, 4.69) is 0 Å². The van der Waals surface area contributed by atoms with Gasteiger partial charge >= 0.3 is 0 Å². The number of likely N-dealkylation sites (tertiary alicyclic amines) is 1. The van der Waals surface area contributed by atoms with Crippen LogP contribution in [0.5, 0.6) is 0 Å². The number of benzene rings is 1. The number of aliphatic hydroxyl groups excluding tert-OH is 1. The molecule has 1 aliphatic heterocycles. The molecule has 1 N–H and O–H groups in total. The van der Waals surface area contributed by atoms with Crippen LogP contribution in [0.2, 0.25) is 5.02 Å². The molecule has 1 unspecified atom stereocenters. The molecule has 1 fully saturated rings. The number of aliphatic hydroxyl groups is 1. The van der Waals surface area contributed by atoms with E-state index in [1.807, 2.05) is 13.8 Å². The molecule has 0 saturated carbocycles. The lowest BCUT2D eigenvalue weighted by Crippen LogP contribution is -2.37. The molecule has 0 aliphatic carbocycles. The summed E-state index contributed by atoms with van der Waals surface area (Å²) >= 11 is 5.89. The molecule has 1 heterocycles. The fraction of sp³-hybridized carbons (Fsp3) is 0.500. The molecular formula is C16H20ClNO3. The van der Waals surface area contributed by atoms with Gasteiger partial charge in [-0.15, -0.1) is 0 Å². The molecule has 1 atom stereocenters. The molecule has 114 valence electrons. The van der Waals surface area contributed by atoms with Crippen LogP contribution in [0.1, 0.15) is 44.8 Å². The Morgan fingerprint density at radius 2 is 2.00 bits per heavy atom. The van der Waals surface area contributed by atoms with E-state index in [0.29, 0.717) is 23.4 Å². The summed E-state index contributed by atoms with van der Waals surface area (Å²) in [6, 6.07) is 6.82. The van der Waals surface area contributed by atoms with Crippen molar-refractivity contribution < 1.29 is 14.7 Å². The van der Waals surface area contributed by atoms with Crippen LogP contribution in [0.4, 0.5) is 0 Å². The first kappa shape index (κ1) is 16.0. The van der Waals surface area contributed by atoms with Crippen molar-refractivity contribution in [1.82, 2.24) is 4.90 Å². The van der Waals surface area contributed by atoms with Crippen LogP contribution in [0.15, 0.2) is 24.3 Å². The van der Waals surface area contributed by atoms with E-state index in [1.54, 1.807) is 24.3 Å². The summed E-state index contributed by atoms with van der Waals surface area (Å²) in [7, 11) is 0. The number of halogens is 1. The molecule has 0 aromatic heterocycles. The summed E-state index contributed by atoms with van der Waals surface area (Å²) in [5.74, 6) is -0.372. The summed E-state index contributed by atoms with van der Waals surface area (Å²) in [5.41, 5.74) is 0.0131. The maximum absolute atomic E-state index is 12.5. The second kappa shape index (κ2) is 6.16. The van der Waals surface area contributed by atoms with Crippen molar-refractivity contribution in [2.45, 2.75) is 39.2 Å². The number of rotatable bonds is 5. The highest BCUT2D eigenvalue weighted by Gasteiger charge is 2.49. The van der Waals surface area contributed by atoms with Crippen molar-refractivity contribution in [3.05, 3.63) is 34.9 Å². The first-order chi connectivity index (χ1) is 9.93. The summed E-state index contributed by atoms with van der Waals surface area (Å²) in [5, 5.41) is 10.8. The van der Waals surface area contributed by atoms with Gasteiger partial charge < -0.3 is 5.11 Å². The fourth-order valence-electron chi connectivity index (χ4n) is 2.84. The van der Waals surface area contributed by atoms with E-state index in [1.165, 1.54) is 4.90 Å². The van der Waals surface area contributed by atoms with Gasteiger partial charge in [-0.2, -0.15) is 0 Å². The molecule has 5 heteroatoms. The van der Waals surface area contributed by atoms with Crippen LogP contribution in [-0.2, 0) is 9.59 Å². The Labute approximate surface area is 129 Å². The van der Waals surface area contributed by atoms with E-state index in [4.69, 9.17) is 11.6 Å². The van der Waals surface area contributed by atoms with Gasteiger partial charge in [-0.1, -0.05) is 37.6 Å². The van der Waals surface area contributed by atoms with E-state index < -0.39 is 11.5 Å². The van der Waals surface area contributed by atoms with Gasteiger partial charge in [0, 0.05) is 11.4 Å². The summed E-state index contributed by atoms with van der Waals surface area (Å²) in [4.78, 5) is 25.8. The van der Waals surface area contributed by atoms with Crippen LogP contribution >= 0.6 is 11.6 Å². The minimum atomic E-state index is -0.916. The van der Waals surface area contributed by atoms with Crippen molar-refractivity contribution in [3.8, 4) is 0 Å². The summed E-state index contributed by atoms with van der Waals surface area (Å²) in [6.07, 6.45) is 0.595. The second-order valence-electron chi connectivity index (χ2n) is 5.54. The first-order valence-electron chi connectivity index (χ1n) is 7.22. The van der Waals surface area contributed by atoms with Crippen molar-refractivity contribution in [3.63, 3.8) is 0 Å². The lowest BCUT2D eigenvalue weighted by atomic mass is 9.81. The monoisotopic (exact) mass is 309 g/mol. The van der Waals surface area contributed by atoms with E-state index in [9.17, 15) is 14.7 Å². The van der Waals surface area contributed by atoms with Gasteiger partial charge in [-0.05, 0) is 30.5 Å². The average Bonchev–Trinajstić information content (AvgIpc) is 2.72. The molecule has 0 radical (unpaired) electrons. The fourth-order valence-corrected chi connectivity index (χ4v) is 3.04. The van der Waals surface area contributed by atoms with E-state index >= 15 is 0 Å². The summed E-state index contributed by atoms with van der Waals surface area (Å²) < 4.78 is 0. The number of nitrogens with zero attached hydrogens (tertiary/aromatic N) is 1. The Morgan fingerprint density at radius 3 is 2.52 bits per heavy atom. The third-order valence-corrected chi connectivity index (χ3v) is 4.67. The third-order valence-electron chi connectivity index (χ3n) is 4.43. The molecule has 2 rings (SSSR count). The van der Waals surface area contributed by atoms with E-state index in [0.717, 1.165) is 0 Å². The van der Waals surface area contributed by atoms with Gasteiger partial charge in [0.05, 0.1) is 18.1 Å². The zero-order valence-electron chi connectivity index (χ0n) is 12.3. The van der Waals surface area contributed by atoms with Crippen LogP contribution in [-0.4, -0.2) is 28.4 Å². The number of imide groups is 1. The van der Waals surface area contributed by atoms with Crippen molar-refractivity contribution >= 4 is 23.4 Å². The summed E-state index contributed by atoms with van der Waals surface area (Å²) in [6.45, 7) is 3.83. The number of hydrogen-bond donors (Lipinski definition) is 1. The lowest BCUT2D eigenvalue weighted by Gasteiger charge is -2.25. The Kier molecular flexibility index (Phi) is 4.69. The predicted octanol–water partition coefficient (Wildman–Crippen LogP) is 2.94. The molecule has 0 spiro atoms. The average molecular weight is 310 g/mol. The van der Waals surface area contributed by atoms with Gasteiger partial charge in [0.25, 0.3) is 0 Å². The molecule has 2 amide bonds. The topological polar surface area (TPSA) is 57.6 Å². The molecular weight excluding hydrogens is 290 g/mol. The van der Waals surface area contributed by atoms with Gasteiger partial charge in [0.1, 0.15) is 0 Å². The minimum absolute atomic E-state index is 0.0141. The first-order valence-corrected chi connectivity index (χ1v) is 7.59. The SMILES string of the molecule is CCC1(CC)CC(=O)N(CC(O)c2cccc(Cl)c2)C1=O. The van der Waals surface area contributed by atoms with Crippen LogP contribution in [0.25, 0.3) is 0 Å². The van der Waals surface area contributed by atoms with Gasteiger partial charge in [0.2, 0.25) is 11.8 Å². The van der Waals surface area contributed by atoms with Crippen molar-refractivity contribution in [2.24, 2.45) is 5.41 Å². The second-order valence-corrected chi connectivity index (χ2v) is 5.98. The maximum Gasteiger partial charge on any atom is 0.235 e. The Hall–Kier alpha value is -1.39. The van der Waals surface area contributed by atoms with Crippen molar-refractivity contribution in [2.75, 3.05) is 6.54 Å². The quantitative estimate of drug-likeness (QED) is 0.851. The number of hydrogen-bond acceptors (Lipinski definition) is 3. The highest BCUT2D eigenvalue weighted by molar-refractivity contribution is 6.30. The predicted molar refractivity (Wildman–Crippen MR) is 80.8 cm³/mol. The Bertz CT molecular complexity index is 554. The lowest BCUT2D eigenvalue weighted by molar-refractivity contribution is -0.143. The van der Waals surface area contributed by atoms with Gasteiger partial charge in [0.15, 0.2) is 0 Å². The largest absolute Gasteiger partial charge is 0.387 e. The van der Waals surface area contributed by atoms with Gasteiger partial charge in [-0.3, -0.25) is 14.5 Å². The minimum Gasteiger partial charge on any atom is -0.387 e. The number of amides is 2. The molecule has 1 aliphatic rings. The number of carbonyl (C=O) groups is 2. The molecule has 1 aromatic rings. The highest BCUT2D eigenvalue weighted by Crippen LogP contribution is 2.39. The zero-order valence-corrected chi connectivity index (χ0v) is 13.1. The number of β-amino-alcohol motifs (C(OH)–C–C–N with tert-alkyl or cyclic N) is 1. The molecule has 1 saturated heterocycles. The van der Waals surface area contributed by atoms with Gasteiger partial charge in [-0.25, -0.2) is 0 Å². The third kappa shape index (κ3) is 2.97. The maximum atomic E-state index is 12.5. The van der Waals surface area contributed by atoms with Crippen LogP contribution in [0.3, 0.4) is 0 Å². The van der Waals surface area contributed by atoms with E-state index in [-0.39, 0.29) is 24.8 Å². The zero-order chi connectivity index (χ0) is 15.6. The van der Waals surface area contributed by atoms with Crippen LogP contribution < -0.4 is 0 Å². The van der Waals surface area contributed by atoms with Crippen molar-refractivity contribution in [1.29, 1.82) is 0 Å². The normalized spacial score (nSPS) is 19.1. The molecule has 1 aromatic carbocycles. The Balaban J connectivity index is 2.16. The molecule has 21 heavy (non-hydrogen) atoms.